The molecule has 1 fully saturated rings. The molecular formula is C12H20F3N3O2. The topological polar surface area (TPSA) is 87.7 Å². The number of nitrogens with one attached hydrogen (secondary N) is 1. The lowest BCUT2D eigenvalue weighted by molar-refractivity contribution is -0.186. The number of alkyl halides is 3. The summed E-state index contributed by atoms with van der Waals surface area (Å²) in [5, 5.41) is 13.9. The summed E-state index contributed by atoms with van der Waals surface area (Å²) >= 11 is 0. The standard InChI is InChI=1S/C12H20F3N3O2/c1-2-9(10(16)18-20)17-11(19)7-4-3-5-8(6-7)12(13,14)15/h7-9,20H,2-6H2,1H3,(H2,16,18)(H,17,19). The summed E-state index contributed by atoms with van der Waals surface area (Å²) in [4.78, 5) is 12.0. The molecule has 0 saturated heterocycles. The molecule has 1 aliphatic carbocycles. The smallest absolute Gasteiger partial charge is 0.391 e. The zero-order valence-electron chi connectivity index (χ0n) is 11.3. The van der Waals surface area contributed by atoms with Crippen molar-refractivity contribution in [3.05, 3.63) is 0 Å². The molecule has 116 valence electrons. The molecule has 0 heterocycles. The molecule has 0 bridgehead atoms. The lowest BCUT2D eigenvalue weighted by Gasteiger charge is -2.30. The average Bonchev–Trinajstić information content (AvgIpc) is 2.42. The fraction of sp³-hybridized carbons (Fsp3) is 0.833. The summed E-state index contributed by atoms with van der Waals surface area (Å²) in [6.45, 7) is 1.72. The first-order valence-corrected chi connectivity index (χ1v) is 6.64. The third-order valence-electron chi connectivity index (χ3n) is 3.71. The van der Waals surface area contributed by atoms with Crippen molar-refractivity contribution < 1.29 is 23.2 Å². The predicted octanol–water partition coefficient (Wildman–Crippen LogP) is 2.00. The van der Waals surface area contributed by atoms with E-state index >= 15 is 0 Å². The average molecular weight is 295 g/mol. The SMILES string of the molecule is CCC(NC(=O)C1CCCC(C(F)(F)F)C1)C(N)=NO. The van der Waals surface area contributed by atoms with Crippen LogP contribution in [0.15, 0.2) is 5.16 Å². The molecule has 20 heavy (non-hydrogen) atoms. The Kier molecular flexibility index (Phi) is 5.64. The molecule has 1 amide bonds. The maximum Gasteiger partial charge on any atom is 0.391 e. The molecule has 3 atom stereocenters. The highest BCUT2D eigenvalue weighted by Crippen LogP contribution is 2.39. The van der Waals surface area contributed by atoms with E-state index in [1.807, 2.05) is 0 Å². The summed E-state index contributed by atoms with van der Waals surface area (Å²) in [7, 11) is 0. The molecule has 8 heteroatoms. The zero-order valence-corrected chi connectivity index (χ0v) is 11.3. The first-order valence-electron chi connectivity index (χ1n) is 6.64. The molecule has 1 aliphatic rings. The normalized spacial score (nSPS) is 26.1. The van der Waals surface area contributed by atoms with Crippen LogP contribution in [-0.4, -0.2) is 29.2 Å². The van der Waals surface area contributed by atoms with Crippen molar-refractivity contribution in [3.63, 3.8) is 0 Å². The van der Waals surface area contributed by atoms with Gasteiger partial charge in [-0.25, -0.2) is 0 Å². The maximum absolute atomic E-state index is 12.7. The number of carbonyl (C=O) groups excluding carboxylic acids is 1. The molecule has 1 saturated carbocycles. The molecule has 0 aliphatic heterocycles. The number of oxime groups is 1. The van der Waals surface area contributed by atoms with Crippen molar-refractivity contribution in [1.82, 2.24) is 5.32 Å². The Labute approximate surface area is 115 Å². The molecule has 4 N–H and O–H groups in total. The first-order chi connectivity index (χ1) is 9.29. The number of hydrogen-bond donors (Lipinski definition) is 3. The molecule has 5 nitrogen and oxygen atoms in total. The van der Waals surface area contributed by atoms with Gasteiger partial charge < -0.3 is 16.3 Å². The van der Waals surface area contributed by atoms with E-state index in [-0.39, 0.29) is 18.7 Å². The van der Waals surface area contributed by atoms with Gasteiger partial charge in [-0.1, -0.05) is 18.5 Å². The Morgan fingerprint density at radius 2 is 2.15 bits per heavy atom. The zero-order chi connectivity index (χ0) is 15.3. The van der Waals surface area contributed by atoms with Crippen molar-refractivity contribution in [2.45, 2.75) is 51.2 Å². The fourth-order valence-corrected chi connectivity index (χ4v) is 2.47. The Bertz CT molecular complexity index is 371. The third-order valence-corrected chi connectivity index (χ3v) is 3.71. The Morgan fingerprint density at radius 3 is 2.65 bits per heavy atom. The third kappa shape index (κ3) is 4.28. The van der Waals surface area contributed by atoms with Crippen molar-refractivity contribution in [1.29, 1.82) is 0 Å². The van der Waals surface area contributed by atoms with Crippen molar-refractivity contribution in [3.8, 4) is 0 Å². The number of rotatable bonds is 4. The molecule has 3 unspecified atom stereocenters. The van der Waals surface area contributed by atoms with Gasteiger partial charge in [0.15, 0.2) is 5.84 Å². The molecule has 0 aromatic rings. The highest BCUT2D eigenvalue weighted by atomic mass is 19.4. The minimum absolute atomic E-state index is 0.0741. The van der Waals surface area contributed by atoms with E-state index in [4.69, 9.17) is 10.9 Å². The van der Waals surface area contributed by atoms with Gasteiger partial charge in [0.2, 0.25) is 5.91 Å². The van der Waals surface area contributed by atoms with Crippen LogP contribution in [0.5, 0.6) is 0 Å². The summed E-state index contributed by atoms with van der Waals surface area (Å²) in [5.74, 6) is -2.70. The van der Waals surface area contributed by atoms with E-state index < -0.39 is 30.0 Å². The van der Waals surface area contributed by atoms with Gasteiger partial charge in [0.05, 0.1) is 12.0 Å². The van der Waals surface area contributed by atoms with Crippen LogP contribution in [0.1, 0.15) is 39.0 Å². The van der Waals surface area contributed by atoms with E-state index in [0.29, 0.717) is 19.3 Å². The molecular weight excluding hydrogens is 275 g/mol. The van der Waals surface area contributed by atoms with Crippen LogP contribution in [-0.2, 0) is 4.79 Å². The molecule has 0 spiro atoms. The Balaban J connectivity index is 2.63. The van der Waals surface area contributed by atoms with Crippen LogP contribution in [0.25, 0.3) is 0 Å². The largest absolute Gasteiger partial charge is 0.409 e. The minimum atomic E-state index is -4.26. The number of nitrogens with zero attached hydrogens (tertiary/aromatic N) is 1. The van der Waals surface area contributed by atoms with E-state index in [0.717, 1.165) is 0 Å². The lowest BCUT2D eigenvalue weighted by Crippen LogP contribution is -2.47. The van der Waals surface area contributed by atoms with E-state index in [1.165, 1.54) is 0 Å². The first kappa shape index (κ1) is 16.6. The summed E-state index contributed by atoms with van der Waals surface area (Å²) in [6, 6.07) is -0.654. The lowest BCUT2D eigenvalue weighted by atomic mass is 9.80. The second-order valence-electron chi connectivity index (χ2n) is 5.10. The summed E-state index contributed by atoms with van der Waals surface area (Å²) in [5.41, 5.74) is 5.41. The Morgan fingerprint density at radius 1 is 1.50 bits per heavy atom. The van der Waals surface area contributed by atoms with Crippen molar-refractivity contribution >= 4 is 11.7 Å². The fourth-order valence-electron chi connectivity index (χ4n) is 2.47. The monoisotopic (exact) mass is 295 g/mol. The summed E-state index contributed by atoms with van der Waals surface area (Å²) < 4.78 is 38.1. The van der Waals surface area contributed by atoms with Gasteiger partial charge in [-0.3, -0.25) is 4.79 Å². The second kappa shape index (κ2) is 6.81. The highest BCUT2D eigenvalue weighted by Gasteiger charge is 2.43. The summed E-state index contributed by atoms with van der Waals surface area (Å²) in [6.07, 6.45) is -3.16. The number of nitrogens with two attached hydrogens (primary N) is 1. The van der Waals surface area contributed by atoms with E-state index in [9.17, 15) is 18.0 Å². The van der Waals surface area contributed by atoms with Gasteiger partial charge in [0.25, 0.3) is 0 Å². The van der Waals surface area contributed by atoms with Gasteiger partial charge in [-0.15, -0.1) is 0 Å². The molecule has 0 radical (unpaired) electrons. The van der Waals surface area contributed by atoms with E-state index in [1.54, 1.807) is 6.92 Å². The van der Waals surface area contributed by atoms with Gasteiger partial charge in [-0.2, -0.15) is 13.2 Å². The van der Waals surface area contributed by atoms with Crippen molar-refractivity contribution in [2.75, 3.05) is 0 Å². The maximum atomic E-state index is 12.7. The van der Waals surface area contributed by atoms with Crippen LogP contribution >= 0.6 is 0 Å². The second-order valence-corrected chi connectivity index (χ2v) is 5.10. The van der Waals surface area contributed by atoms with Crippen LogP contribution in [0.2, 0.25) is 0 Å². The minimum Gasteiger partial charge on any atom is -0.409 e. The molecule has 1 rings (SSSR count). The van der Waals surface area contributed by atoms with Gasteiger partial charge in [0, 0.05) is 5.92 Å². The Hall–Kier alpha value is -1.47. The van der Waals surface area contributed by atoms with Crippen LogP contribution < -0.4 is 11.1 Å². The molecule has 0 aromatic carbocycles. The number of amides is 1. The predicted molar refractivity (Wildman–Crippen MR) is 67.1 cm³/mol. The van der Waals surface area contributed by atoms with Gasteiger partial charge in [-0.05, 0) is 25.7 Å². The highest BCUT2D eigenvalue weighted by molar-refractivity contribution is 5.90. The van der Waals surface area contributed by atoms with Gasteiger partial charge in [0.1, 0.15) is 0 Å². The van der Waals surface area contributed by atoms with Crippen molar-refractivity contribution in [2.24, 2.45) is 22.7 Å². The number of hydrogen-bond acceptors (Lipinski definition) is 3. The number of halogens is 3. The van der Waals surface area contributed by atoms with Crippen LogP contribution in [0.4, 0.5) is 13.2 Å². The van der Waals surface area contributed by atoms with Crippen LogP contribution in [0, 0.1) is 11.8 Å². The molecule has 0 aromatic heterocycles. The quantitative estimate of drug-likeness (QED) is 0.321. The van der Waals surface area contributed by atoms with Gasteiger partial charge >= 0.3 is 6.18 Å². The van der Waals surface area contributed by atoms with E-state index in [2.05, 4.69) is 10.5 Å². The number of amidine groups is 1. The number of carbonyl (C=O) groups is 1. The van der Waals surface area contributed by atoms with Crippen LogP contribution in [0.3, 0.4) is 0 Å².